The van der Waals surface area contributed by atoms with E-state index in [-0.39, 0.29) is 12.0 Å². The molecule has 20 heavy (non-hydrogen) atoms. The summed E-state index contributed by atoms with van der Waals surface area (Å²) in [5.74, 6) is 1.15. The molecule has 0 spiro atoms. The highest BCUT2D eigenvalue weighted by atomic mass is 16.3. The molecule has 2 unspecified atom stereocenters. The topological polar surface area (TPSA) is 38.0 Å². The molecule has 3 heteroatoms. The smallest absolute Gasteiger partial charge is 0.111 e. The van der Waals surface area contributed by atoms with Crippen molar-refractivity contribution in [2.75, 3.05) is 0 Å². The molecule has 1 heterocycles. The first kappa shape index (κ1) is 14.8. The standard InChI is InChI=1S/C17H24N2O/c1-3-11-19-12-10-18-17(19)13-16(20)15(4-2)14-8-6-5-7-9-14/h5-10,12,15-16,20H,3-4,11,13H2,1-2H3. The summed E-state index contributed by atoms with van der Waals surface area (Å²) >= 11 is 0. The van der Waals surface area contributed by atoms with Gasteiger partial charge in [0.2, 0.25) is 0 Å². The normalized spacial score (nSPS) is 14.2. The van der Waals surface area contributed by atoms with Gasteiger partial charge in [0.15, 0.2) is 0 Å². The first-order chi connectivity index (χ1) is 9.76. The number of rotatable bonds is 7. The van der Waals surface area contributed by atoms with Crippen molar-refractivity contribution in [1.29, 1.82) is 0 Å². The van der Waals surface area contributed by atoms with Crippen LogP contribution in [0.2, 0.25) is 0 Å². The lowest BCUT2D eigenvalue weighted by Crippen LogP contribution is -2.22. The number of aliphatic hydroxyl groups is 1. The van der Waals surface area contributed by atoms with Crippen LogP contribution in [-0.2, 0) is 13.0 Å². The van der Waals surface area contributed by atoms with Gasteiger partial charge in [-0.25, -0.2) is 4.98 Å². The van der Waals surface area contributed by atoms with Crippen LogP contribution in [-0.4, -0.2) is 20.8 Å². The average Bonchev–Trinajstić information content (AvgIpc) is 2.88. The van der Waals surface area contributed by atoms with Gasteiger partial charge in [0, 0.05) is 31.3 Å². The number of imidazole rings is 1. The predicted octanol–water partition coefficient (Wildman–Crippen LogP) is 3.39. The molecule has 1 N–H and O–H groups in total. The van der Waals surface area contributed by atoms with Gasteiger partial charge in [-0.15, -0.1) is 0 Å². The van der Waals surface area contributed by atoms with E-state index in [2.05, 4.69) is 35.5 Å². The summed E-state index contributed by atoms with van der Waals surface area (Å²) in [5.41, 5.74) is 1.20. The molecular formula is C17H24N2O. The zero-order valence-electron chi connectivity index (χ0n) is 12.4. The Balaban J connectivity index is 2.09. The van der Waals surface area contributed by atoms with Crippen molar-refractivity contribution in [1.82, 2.24) is 9.55 Å². The molecule has 2 atom stereocenters. The Morgan fingerprint density at radius 2 is 1.95 bits per heavy atom. The van der Waals surface area contributed by atoms with Crippen LogP contribution < -0.4 is 0 Å². The SMILES string of the molecule is CCCn1ccnc1CC(O)C(CC)c1ccccc1. The van der Waals surface area contributed by atoms with Crippen molar-refractivity contribution in [3.63, 3.8) is 0 Å². The van der Waals surface area contributed by atoms with Gasteiger partial charge in [0.25, 0.3) is 0 Å². The molecule has 0 aliphatic carbocycles. The molecule has 1 aromatic heterocycles. The number of benzene rings is 1. The van der Waals surface area contributed by atoms with E-state index in [4.69, 9.17) is 0 Å². The van der Waals surface area contributed by atoms with E-state index in [0.717, 1.165) is 25.2 Å². The van der Waals surface area contributed by atoms with Crippen molar-refractivity contribution >= 4 is 0 Å². The van der Waals surface area contributed by atoms with E-state index in [1.807, 2.05) is 30.6 Å². The molecule has 108 valence electrons. The zero-order valence-corrected chi connectivity index (χ0v) is 12.4. The monoisotopic (exact) mass is 272 g/mol. The van der Waals surface area contributed by atoms with Crippen LogP contribution >= 0.6 is 0 Å². The highest BCUT2D eigenvalue weighted by molar-refractivity contribution is 5.21. The minimum atomic E-state index is -0.389. The second kappa shape index (κ2) is 7.25. The number of hydrogen-bond donors (Lipinski definition) is 1. The summed E-state index contributed by atoms with van der Waals surface area (Å²) in [6.07, 6.45) is 6.05. The average molecular weight is 272 g/mol. The fourth-order valence-electron chi connectivity index (χ4n) is 2.73. The third-order valence-electron chi connectivity index (χ3n) is 3.79. The quantitative estimate of drug-likeness (QED) is 0.839. The van der Waals surface area contributed by atoms with Crippen LogP contribution in [0.1, 0.15) is 44.0 Å². The maximum atomic E-state index is 10.6. The number of aryl methyl sites for hydroxylation is 1. The first-order valence-electron chi connectivity index (χ1n) is 7.49. The van der Waals surface area contributed by atoms with Crippen molar-refractivity contribution < 1.29 is 5.11 Å². The molecule has 3 nitrogen and oxygen atoms in total. The molecular weight excluding hydrogens is 248 g/mol. The van der Waals surface area contributed by atoms with E-state index >= 15 is 0 Å². The summed E-state index contributed by atoms with van der Waals surface area (Å²) < 4.78 is 2.14. The Bertz CT molecular complexity index is 507. The van der Waals surface area contributed by atoms with Crippen LogP contribution in [0.3, 0.4) is 0 Å². The van der Waals surface area contributed by atoms with E-state index < -0.39 is 0 Å². The number of aliphatic hydroxyl groups excluding tert-OH is 1. The van der Waals surface area contributed by atoms with E-state index in [1.54, 1.807) is 0 Å². The van der Waals surface area contributed by atoms with Gasteiger partial charge in [-0.05, 0) is 18.4 Å². The van der Waals surface area contributed by atoms with E-state index in [0.29, 0.717) is 6.42 Å². The van der Waals surface area contributed by atoms with Gasteiger partial charge in [0.1, 0.15) is 5.82 Å². The molecule has 0 fully saturated rings. The predicted molar refractivity (Wildman–Crippen MR) is 81.7 cm³/mol. The van der Waals surface area contributed by atoms with Crippen LogP contribution in [0, 0.1) is 0 Å². The van der Waals surface area contributed by atoms with E-state index in [1.165, 1.54) is 5.56 Å². The summed E-state index contributed by atoms with van der Waals surface area (Å²) in [6, 6.07) is 10.3. The fourth-order valence-corrected chi connectivity index (χ4v) is 2.73. The Morgan fingerprint density at radius 1 is 1.20 bits per heavy atom. The fraction of sp³-hybridized carbons (Fsp3) is 0.471. The maximum Gasteiger partial charge on any atom is 0.111 e. The second-order valence-electron chi connectivity index (χ2n) is 5.23. The summed E-state index contributed by atoms with van der Waals surface area (Å²) in [6.45, 7) is 5.24. The van der Waals surface area contributed by atoms with Gasteiger partial charge in [-0.2, -0.15) is 0 Å². The molecule has 1 aromatic carbocycles. The van der Waals surface area contributed by atoms with Crippen LogP contribution in [0.25, 0.3) is 0 Å². The lowest BCUT2D eigenvalue weighted by molar-refractivity contribution is 0.137. The molecule has 0 amide bonds. The first-order valence-corrected chi connectivity index (χ1v) is 7.49. The second-order valence-corrected chi connectivity index (χ2v) is 5.23. The van der Waals surface area contributed by atoms with Gasteiger partial charge < -0.3 is 9.67 Å². The van der Waals surface area contributed by atoms with Crippen molar-refractivity contribution in [2.45, 2.75) is 51.7 Å². The van der Waals surface area contributed by atoms with Crippen LogP contribution in [0.15, 0.2) is 42.7 Å². The Morgan fingerprint density at radius 3 is 2.60 bits per heavy atom. The summed E-state index contributed by atoms with van der Waals surface area (Å²) in [5, 5.41) is 10.6. The highest BCUT2D eigenvalue weighted by Crippen LogP contribution is 2.25. The minimum Gasteiger partial charge on any atom is -0.392 e. The summed E-state index contributed by atoms with van der Waals surface area (Å²) in [7, 11) is 0. The van der Waals surface area contributed by atoms with E-state index in [9.17, 15) is 5.11 Å². The summed E-state index contributed by atoms with van der Waals surface area (Å²) in [4.78, 5) is 4.39. The Kier molecular flexibility index (Phi) is 5.36. The van der Waals surface area contributed by atoms with Crippen molar-refractivity contribution in [2.24, 2.45) is 0 Å². The number of aromatic nitrogens is 2. The van der Waals surface area contributed by atoms with Crippen molar-refractivity contribution in [3.8, 4) is 0 Å². The van der Waals surface area contributed by atoms with Gasteiger partial charge >= 0.3 is 0 Å². The largest absolute Gasteiger partial charge is 0.392 e. The van der Waals surface area contributed by atoms with Gasteiger partial charge in [-0.1, -0.05) is 44.2 Å². The van der Waals surface area contributed by atoms with Crippen LogP contribution in [0.4, 0.5) is 0 Å². The molecule has 0 aliphatic rings. The molecule has 0 aliphatic heterocycles. The number of nitrogens with zero attached hydrogens (tertiary/aromatic N) is 2. The van der Waals surface area contributed by atoms with Crippen molar-refractivity contribution in [3.05, 3.63) is 54.1 Å². The third kappa shape index (κ3) is 3.48. The molecule has 0 saturated carbocycles. The minimum absolute atomic E-state index is 0.169. The van der Waals surface area contributed by atoms with Gasteiger partial charge in [-0.3, -0.25) is 0 Å². The van der Waals surface area contributed by atoms with Crippen LogP contribution in [0.5, 0.6) is 0 Å². The molecule has 2 rings (SSSR count). The molecule has 2 aromatic rings. The number of hydrogen-bond acceptors (Lipinski definition) is 2. The van der Waals surface area contributed by atoms with Gasteiger partial charge in [0.05, 0.1) is 6.10 Å². The molecule has 0 bridgehead atoms. The molecule has 0 saturated heterocycles. The Hall–Kier alpha value is -1.61. The Labute approximate surface area is 121 Å². The third-order valence-corrected chi connectivity index (χ3v) is 3.79. The molecule has 0 radical (unpaired) electrons. The maximum absolute atomic E-state index is 10.6. The lowest BCUT2D eigenvalue weighted by Gasteiger charge is -2.22. The lowest BCUT2D eigenvalue weighted by atomic mass is 9.89. The highest BCUT2D eigenvalue weighted by Gasteiger charge is 2.21. The zero-order chi connectivity index (χ0) is 14.4.